The number of hydrogen-bond acceptors (Lipinski definition) is 5. The summed E-state index contributed by atoms with van der Waals surface area (Å²) >= 11 is 1.42. The number of para-hydroxylation sites is 2. The number of carbonyl (C=O) groups excluding carboxylic acids is 1. The molecule has 136 valence electrons. The minimum atomic E-state index is -0.117. The number of aromatic nitrogens is 2. The average molecular weight is 371 g/mol. The van der Waals surface area contributed by atoms with Gasteiger partial charge >= 0.3 is 0 Å². The van der Waals surface area contributed by atoms with Gasteiger partial charge in [0.2, 0.25) is 5.91 Å². The molecule has 2 aromatic carbocycles. The van der Waals surface area contributed by atoms with E-state index in [0.29, 0.717) is 17.2 Å². The van der Waals surface area contributed by atoms with Gasteiger partial charge in [-0.05, 0) is 31.2 Å². The third kappa shape index (κ3) is 3.77. The lowest BCUT2D eigenvalue weighted by Crippen LogP contribution is -2.15. The van der Waals surface area contributed by atoms with Crippen molar-refractivity contribution in [2.75, 3.05) is 25.3 Å². The Morgan fingerprint density at radius 2 is 2.00 bits per heavy atom. The topological polar surface area (TPSA) is 65.4 Å². The predicted molar refractivity (Wildman–Crippen MR) is 104 cm³/mol. The number of thioether (sulfide) groups is 1. The van der Waals surface area contributed by atoms with Crippen molar-refractivity contribution in [3.8, 4) is 11.5 Å². The van der Waals surface area contributed by atoms with Crippen LogP contribution in [0.5, 0.6) is 11.5 Å². The smallest absolute Gasteiger partial charge is 0.234 e. The SMILES string of the molecule is CCn1c(SCC(=O)Nc2ccc(OC)cc2OC)nc2ccccc21. The molecule has 0 aliphatic carbocycles. The molecule has 0 aliphatic heterocycles. The van der Waals surface area contributed by atoms with Gasteiger partial charge in [0.15, 0.2) is 5.16 Å². The van der Waals surface area contributed by atoms with Gasteiger partial charge in [0.1, 0.15) is 11.5 Å². The fourth-order valence-electron chi connectivity index (χ4n) is 2.69. The zero-order chi connectivity index (χ0) is 18.5. The van der Waals surface area contributed by atoms with Crippen LogP contribution < -0.4 is 14.8 Å². The second kappa shape index (κ2) is 8.14. The number of hydrogen-bond donors (Lipinski definition) is 1. The van der Waals surface area contributed by atoms with Crippen LogP contribution in [0.15, 0.2) is 47.6 Å². The summed E-state index contributed by atoms with van der Waals surface area (Å²) in [6.07, 6.45) is 0. The molecule has 6 nitrogen and oxygen atoms in total. The molecule has 0 fully saturated rings. The minimum Gasteiger partial charge on any atom is -0.497 e. The first kappa shape index (κ1) is 18.1. The highest BCUT2D eigenvalue weighted by molar-refractivity contribution is 7.99. The zero-order valence-corrected chi connectivity index (χ0v) is 15.8. The van der Waals surface area contributed by atoms with Crippen LogP contribution in [-0.2, 0) is 11.3 Å². The molecule has 1 amide bonds. The van der Waals surface area contributed by atoms with E-state index in [0.717, 1.165) is 22.7 Å². The summed E-state index contributed by atoms with van der Waals surface area (Å²) in [5.74, 6) is 1.38. The highest BCUT2D eigenvalue weighted by atomic mass is 32.2. The Balaban J connectivity index is 1.70. The number of aryl methyl sites for hydroxylation is 1. The molecule has 3 aromatic rings. The number of amides is 1. The summed E-state index contributed by atoms with van der Waals surface area (Å²) in [5.41, 5.74) is 2.63. The maximum atomic E-state index is 12.4. The molecule has 0 saturated carbocycles. The van der Waals surface area contributed by atoms with Gasteiger partial charge in [-0.2, -0.15) is 0 Å². The Labute approximate surface area is 156 Å². The minimum absolute atomic E-state index is 0.117. The third-order valence-electron chi connectivity index (χ3n) is 3.95. The second-order valence-electron chi connectivity index (χ2n) is 5.53. The number of benzene rings is 2. The van der Waals surface area contributed by atoms with Gasteiger partial charge in [-0.1, -0.05) is 23.9 Å². The molecule has 7 heteroatoms. The fourth-order valence-corrected chi connectivity index (χ4v) is 3.57. The van der Waals surface area contributed by atoms with E-state index in [9.17, 15) is 4.79 Å². The van der Waals surface area contributed by atoms with Crippen LogP contribution in [0.25, 0.3) is 11.0 Å². The van der Waals surface area contributed by atoms with Crippen LogP contribution in [0.1, 0.15) is 6.92 Å². The van der Waals surface area contributed by atoms with E-state index < -0.39 is 0 Å². The maximum Gasteiger partial charge on any atom is 0.234 e. The van der Waals surface area contributed by atoms with Gasteiger partial charge in [0.05, 0.1) is 36.7 Å². The second-order valence-corrected chi connectivity index (χ2v) is 6.47. The van der Waals surface area contributed by atoms with Gasteiger partial charge < -0.3 is 19.4 Å². The Morgan fingerprint density at radius 3 is 2.73 bits per heavy atom. The Kier molecular flexibility index (Phi) is 5.68. The number of nitrogens with zero attached hydrogens (tertiary/aromatic N) is 2. The molecule has 26 heavy (non-hydrogen) atoms. The van der Waals surface area contributed by atoms with Crippen molar-refractivity contribution in [3.63, 3.8) is 0 Å². The molecule has 0 spiro atoms. The van der Waals surface area contributed by atoms with E-state index in [1.54, 1.807) is 32.4 Å². The number of ether oxygens (including phenoxy) is 2. The van der Waals surface area contributed by atoms with Crippen LogP contribution in [0.3, 0.4) is 0 Å². The number of nitrogens with one attached hydrogen (secondary N) is 1. The maximum absolute atomic E-state index is 12.4. The summed E-state index contributed by atoms with van der Waals surface area (Å²) in [7, 11) is 3.15. The van der Waals surface area contributed by atoms with Gasteiger partial charge in [-0.3, -0.25) is 4.79 Å². The monoisotopic (exact) mass is 371 g/mol. The van der Waals surface area contributed by atoms with Gasteiger partial charge in [0.25, 0.3) is 0 Å². The van der Waals surface area contributed by atoms with E-state index in [-0.39, 0.29) is 11.7 Å². The molecule has 0 saturated heterocycles. The first-order valence-electron chi connectivity index (χ1n) is 8.26. The van der Waals surface area contributed by atoms with Crippen LogP contribution in [0, 0.1) is 0 Å². The number of imidazole rings is 1. The molecule has 0 unspecified atom stereocenters. The number of carbonyl (C=O) groups is 1. The standard InChI is InChI=1S/C19H21N3O3S/c1-4-22-16-8-6-5-7-14(16)21-19(22)26-12-18(23)20-15-10-9-13(24-2)11-17(15)25-3/h5-11H,4,12H2,1-3H3,(H,20,23). The molecular formula is C19H21N3O3S. The fraction of sp³-hybridized carbons (Fsp3) is 0.263. The molecule has 0 atom stereocenters. The lowest BCUT2D eigenvalue weighted by molar-refractivity contribution is -0.113. The molecule has 1 heterocycles. The highest BCUT2D eigenvalue weighted by Crippen LogP contribution is 2.29. The van der Waals surface area contributed by atoms with Crippen molar-refractivity contribution in [2.24, 2.45) is 0 Å². The summed E-state index contributed by atoms with van der Waals surface area (Å²) in [6.45, 7) is 2.87. The Hall–Kier alpha value is -2.67. The molecule has 3 rings (SSSR count). The number of anilines is 1. The van der Waals surface area contributed by atoms with Gasteiger partial charge in [-0.15, -0.1) is 0 Å². The van der Waals surface area contributed by atoms with Crippen LogP contribution in [-0.4, -0.2) is 35.4 Å². The lowest BCUT2D eigenvalue weighted by Gasteiger charge is -2.11. The number of rotatable bonds is 7. The van der Waals surface area contributed by atoms with E-state index >= 15 is 0 Å². The molecular weight excluding hydrogens is 350 g/mol. The molecule has 1 aromatic heterocycles. The molecule has 1 N–H and O–H groups in total. The summed E-state index contributed by atoms with van der Waals surface area (Å²) in [5, 5.41) is 3.72. The highest BCUT2D eigenvalue weighted by Gasteiger charge is 2.13. The lowest BCUT2D eigenvalue weighted by atomic mass is 10.2. The van der Waals surface area contributed by atoms with Crippen molar-refractivity contribution in [1.29, 1.82) is 0 Å². The van der Waals surface area contributed by atoms with Crippen molar-refractivity contribution in [2.45, 2.75) is 18.6 Å². The first-order chi connectivity index (χ1) is 12.7. The number of fused-ring (bicyclic) bond motifs is 1. The van der Waals surface area contributed by atoms with Gasteiger partial charge in [-0.25, -0.2) is 4.98 Å². The van der Waals surface area contributed by atoms with Crippen LogP contribution >= 0.6 is 11.8 Å². The van der Waals surface area contributed by atoms with Crippen molar-refractivity contribution in [1.82, 2.24) is 9.55 Å². The van der Waals surface area contributed by atoms with Crippen LogP contribution in [0.4, 0.5) is 5.69 Å². The Bertz CT molecular complexity index is 924. The van der Waals surface area contributed by atoms with E-state index in [4.69, 9.17) is 9.47 Å². The largest absolute Gasteiger partial charge is 0.497 e. The van der Waals surface area contributed by atoms with Crippen molar-refractivity contribution >= 4 is 34.4 Å². The summed E-state index contributed by atoms with van der Waals surface area (Å²) in [6, 6.07) is 13.3. The summed E-state index contributed by atoms with van der Waals surface area (Å²) in [4.78, 5) is 17.0. The molecule has 0 radical (unpaired) electrons. The van der Waals surface area contributed by atoms with Crippen molar-refractivity contribution in [3.05, 3.63) is 42.5 Å². The number of methoxy groups -OCH3 is 2. The predicted octanol–water partition coefficient (Wildman–Crippen LogP) is 3.80. The van der Waals surface area contributed by atoms with E-state index in [2.05, 4.69) is 21.8 Å². The Morgan fingerprint density at radius 1 is 1.19 bits per heavy atom. The zero-order valence-electron chi connectivity index (χ0n) is 15.0. The van der Waals surface area contributed by atoms with E-state index in [1.807, 2.05) is 24.3 Å². The van der Waals surface area contributed by atoms with Crippen LogP contribution in [0.2, 0.25) is 0 Å². The third-order valence-corrected chi connectivity index (χ3v) is 4.93. The van der Waals surface area contributed by atoms with Gasteiger partial charge in [0, 0.05) is 12.6 Å². The van der Waals surface area contributed by atoms with Crippen molar-refractivity contribution < 1.29 is 14.3 Å². The van der Waals surface area contributed by atoms with E-state index in [1.165, 1.54) is 11.8 Å². The quantitative estimate of drug-likeness (QED) is 0.640. The average Bonchev–Trinajstić information content (AvgIpc) is 3.04. The molecule has 0 bridgehead atoms. The summed E-state index contributed by atoms with van der Waals surface area (Å²) < 4.78 is 12.6. The first-order valence-corrected chi connectivity index (χ1v) is 9.24. The molecule has 0 aliphatic rings. The normalized spacial score (nSPS) is 10.7.